The van der Waals surface area contributed by atoms with Crippen LogP contribution in [0.1, 0.15) is 27.7 Å². The van der Waals surface area contributed by atoms with Crippen molar-refractivity contribution in [2.24, 2.45) is 0 Å². The first kappa shape index (κ1) is 13.1. The lowest BCUT2D eigenvalue weighted by Crippen LogP contribution is -2.23. The minimum Gasteiger partial charge on any atom is -0.174 e. The van der Waals surface area contributed by atoms with E-state index < -0.39 is 14.5 Å². The number of hydrogen-bond donors (Lipinski definition) is 0. The number of hydrogen-bond acceptors (Lipinski definition) is 0. The smallest absolute Gasteiger partial charge is 0.104 e. The van der Waals surface area contributed by atoms with Gasteiger partial charge < -0.3 is 0 Å². The van der Waals surface area contributed by atoms with Gasteiger partial charge in [0, 0.05) is 0 Å². The van der Waals surface area contributed by atoms with Gasteiger partial charge in [0.2, 0.25) is 0 Å². The van der Waals surface area contributed by atoms with Crippen LogP contribution in [0.25, 0.3) is 0 Å². The fraction of sp³-hybridized carbons (Fsp3) is 0.500. The van der Waals surface area contributed by atoms with E-state index in [9.17, 15) is 0 Å². The van der Waals surface area contributed by atoms with Gasteiger partial charge in [0.1, 0.15) is 10.6 Å². The van der Waals surface area contributed by atoms with Gasteiger partial charge in [-0.2, -0.15) is 13.3 Å². The Labute approximate surface area is 113 Å². The van der Waals surface area contributed by atoms with Crippen molar-refractivity contribution in [1.82, 2.24) is 0 Å². The van der Waals surface area contributed by atoms with Crippen molar-refractivity contribution in [1.29, 1.82) is 0 Å². The molecule has 0 spiro atoms. The summed E-state index contributed by atoms with van der Waals surface area (Å²) in [6.07, 6.45) is 0. The van der Waals surface area contributed by atoms with Crippen molar-refractivity contribution in [3.8, 4) is 0 Å². The minimum absolute atomic E-state index is 0.816. The van der Waals surface area contributed by atoms with Gasteiger partial charge in [-0.25, -0.2) is 0 Å². The highest BCUT2D eigenvalue weighted by Gasteiger charge is 2.66. The molecule has 0 nitrogen and oxygen atoms in total. The van der Waals surface area contributed by atoms with Crippen LogP contribution < -0.4 is 10.6 Å². The Morgan fingerprint density at radius 2 is 1.00 bits per heavy atom. The maximum absolute atomic E-state index is 4.67. The zero-order chi connectivity index (χ0) is 13.3. The molecule has 2 heteroatoms. The van der Waals surface area contributed by atoms with Crippen molar-refractivity contribution in [3.05, 3.63) is 37.6 Å². The van der Waals surface area contributed by atoms with Crippen LogP contribution >= 0.6 is 14.5 Å². The maximum Gasteiger partial charge on any atom is 0.104 e. The summed E-state index contributed by atoms with van der Waals surface area (Å²) in [5.74, 6) is 0. The van der Waals surface area contributed by atoms with Crippen LogP contribution in [0.2, 0.25) is 0 Å². The molecule has 2 saturated heterocycles. The lowest BCUT2D eigenvalue weighted by Gasteiger charge is -2.20. The Kier molecular flexibility index (Phi) is 2.76. The van der Waals surface area contributed by atoms with Gasteiger partial charge in [-0.1, -0.05) is 26.7 Å². The van der Waals surface area contributed by atoms with Gasteiger partial charge in [0.05, 0.1) is 22.6 Å². The molecule has 0 unspecified atom stereocenters. The molecule has 2 fully saturated rings. The predicted molar refractivity (Wildman–Crippen MR) is 88.1 cm³/mol. The molecular weight excluding hydrogens is 254 g/mol. The first-order chi connectivity index (χ1) is 8.36. The Bertz CT molecular complexity index is 433. The van der Waals surface area contributed by atoms with E-state index in [-0.39, 0.29) is 0 Å². The summed E-state index contributed by atoms with van der Waals surface area (Å²) >= 11 is 0. The third-order valence-electron chi connectivity index (χ3n) is 5.90. The van der Waals surface area contributed by atoms with Crippen LogP contribution in [0.15, 0.2) is 24.3 Å². The SMILES string of the molecule is [CH2-][P+]1(c2ccccc2[P+]2([CH2-])[C@@H](C)[C@@H]2C)[C@@H](C)[C@@H]1C. The summed E-state index contributed by atoms with van der Waals surface area (Å²) < 4.78 is 0. The van der Waals surface area contributed by atoms with Crippen LogP contribution in [0.5, 0.6) is 0 Å². The van der Waals surface area contributed by atoms with Gasteiger partial charge >= 0.3 is 0 Å². The lowest BCUT2D eigenvalue weighted by molar-refractivity contribution is 1.05. The Morgan fingerprint density at radius 1 is 0.722 bits per heavy atom. The topological polar surface area (TPSA) is 0 Å². The average molecular weight is 278 g/mol. The van der Waals surface area contributed by atoms with E-state index in [0.717, 1.165) is 22.6 Å². The standard InChI is InChI=1S/C16H24P2/c1-11-12(2)17(11,5)15-9-7-8-10-16(15)18(6)13(3)14(18)4/h7-14H,5-6H2,1-4H3/t11-,12-,13-,14-/m0/s1. The van der Waals surface area contributed by atoms with Crippen molar-refractivity contribution in [2.75, 3.05) is 0 Å². The summed E-state index contributed by atoms with van der Waals surface area (Å²) in [5, 5.41) is 3.23. The van der Waals surface area contributed by atoms with Gasteiger partial charge in [-0.3, -0.25) is 0 Å². The van der Waals surface area contributed by atoms with E-state index in [2.05, 4.69) is 65.3 Å². The Hall–Kier alpha value is 0.0800. The second kappa shape index (κ2) is 3.80. The molecule has 2 aliphatic heterocycles. The summed E-state index contributed by atoms with van der Waals surface area (Å²) in [7, 11) is -2.22. The second-order valence-corrected chi connectivity index (χ2v) is 14.3. The molecule has 3 rings (SSSR count). The Morgan fingerprint density at radius 3 is 1.22 bits per heavy atom. The highest BCUT2D eigenvalue weighted by molar-refractivity contribution is 7.97. The molecule has 0 amide bonds. The van der Waals surface area contributed by atoms with Crippen molar-refractivity contribution in [2.45, 2.75) is 50.3 Å². The van der Waals surface area contributed by atoms with E-state index in [1.165, 1.54) is 0 Å². The minimum atomic E-state index is -1.11. The second-order valence-electron chi connectivity index (χ2n) is 6.31. The molecule has 0 bridgehead atoms. The summed E-state index contributed by atoms with van der Waals surface area (Å²) in [6, 6.07) is 9.13. The molecule has 0 aromatic heterocycles. The molecule has 0 N–H and O–H groups in total. The number of benzene rings is 1. The highest BCUT2D eigenvalue weighted by Crippen LogP contribution is 2.86. The van der Waals surface area contributed by atoms with Gasteiger partial charge in [0.25, 0.3) is 0 Å². The van der Waals surface area contributed by atoms with Crippen LogP contribution in [-0.4, -0.2) is 22.6 Å². The van der Waals surface area contributed by atoms with Crippen molar-refractivity contribution < 1.29 is 0 Å². The van der Waals surface area contributed by atoms with Crippen molar-refractivity contribution >= 4 is 25.1 Å². The molecule has 1 aromatic rings. The summed E-state index contributed by atoms with van der Waals surface area (Å²) in [5.41, 5.74) is 3.26. The van der Waals surface area contributed by atoms with E-state index in [1.54, 1.807) is 10.6 Å². The zero-order valence-electron chi connectivity index (χ0n) is 11.9. The molecule has 2 heterocycles. The van der Waals surface area contributed by atoms with E-state index in [4.69, 9.17) is 0 Å². The molecule has 18 heavy (non-hydrogen) atoms. The van der Waals surface area contributed by atoms with E-state index in [1.807, 2.05) is 0 Å². The largest absolute Gasteiger partial charge is 0.174 e. The van der Waals surface area contributed by atoms with Gasteiger partial charge in [-0.15, -0.1) is 0 Å². The molecule has 98 valence electrons. The molecule has 0 aliphatic carbocycles. The summed E-state index contributed by atoms with van der Waals surface area (Å²) in [4.78, 5) is 0. The third-order valence-corrected chi connectivity index (χ3v) is 15.6. The molecule has 0 saturated carbocycles. The van der Waals surface area contributed by atoms with Gasteiger partial charge in [0.15, 0.2) is 0 Å². The first-order valence-electron chi connectivity index (χ1n) is 6.92. The van der Waals surface area contributed by atoms with Crippen LogP contribution in [0.4, 0.5) is 0 Å². The predicted octanol–water partition coefficient (Wildman–Crippen LogP) is 4.14. The van der Waals surface area contributed by atoms with Crippen LogP contribution in [0.3, 0.4) is 0 Å². The average Bonchev–Trinajstić information content (AvgIpc) is 3.08. The maximum atomic E-state index is 4.67. The molecule has 0 radical (unpaired) electrons. The highest BCUT2D eigenvalue weighted by atomic mass is 31.2. The van der Waals surface area contributed by atoms with Crippen LogP contribution in [0, 0.1) is 13.3 Å². The molecular formula is C16H24P2. The monoisotopic (exact) mass is 278 g/mol. The number of rotatable bonds is 2. The summed E-state index contributed by atoms with van der Waals surface area (Å²) in [6.45, 7) is 18.9. The third kappa shape index (κ3) is 1.40. The van der Waals surface area contributed by atoms with Gasteiger partial charge in [-0.05, 0) is 39.8 Å². The van der Waals surface area contributed by atoms with Crippen molar-refractivity contribution in [3.63, 3.8) is 0 Å². The first-order valence-corrected chi connectivity index (χ1v) is 11.1. The molecule has 1 aromatic carbocycles. The zero-order valence-corrected chi connectivity index (χ0v) is 13.7. The normalized spacial score (nSPS) is 50.1. The molecule has 4 atom stereocenters. The quantitative estimate of drug-likeness (QED) is 0.563. The van der Waals surface area contributed by atoms with E-state index >= 15 is 0 Å². The lowest BCUT2D eigenvalue weighted by atomic mass is 10.4. The van der Waals surface area contributed by atoms with Crippen LogP contribution in [-0.2, 0) is 0 Å². The fourth-order valence-corrected chi connectivity index (χ4v) is 12.2. The van der Waals surface area contributed by atoms with E-state index in [0.29, 0.717) is 0 Å². The Balaban J connectivity index is 2.09. The fourth-order valence-electron chi connectivity index (χ4n) is 3.57. The molecule has 2 aliphatic rings.